The molecular formula is C18H17ClN2O2. The average molecular weight is 329 g/mol. The second-order valence-electron chi connectivity index (χ2n) is 5.24. The van der Waals surface area contributed by atoms with Crippen LogP contribution in [0.4, 0.5) is 5.69 Å². The third kappa shape index (κ3) is 4.34. The lowest BCUT2D eigenvalue weighted by Crippen LogP contribution is -2.21. The lowest BCUT2D eigenvalue weighted by molar-refractivity contribution is 0.560. The first-order valence-electron chi connectivity index (χ1n) is 7.44. The van der Waals surface area contributed by atoms with Gasteiger partial charge >= 0.3 is 5.63 Å². The lowest BCUT2D eigenvalue weighted by Gasteiger charge is -2.08. The summed E-state index contributed by atoms with van der Waals surface area (Å²) >= 11 is 5.94. The number of fused-ring (bicyclic) bond motifs is 1. The van der Waals surface area contributed by atoms with E-state index in [9.17, 15) is 4.79 Å². The number of benzene rings is 2. The maximum absolute atomic E-state index is 11.3. The number of hydrogen-bond acceptors (Lipinski definition) is 4. The van der Waals surface area contributed by atoms with Gasteiger partial charge in [-0.05, 0) is 35.9 Å². The fourth-order valence-corrected chi connectivity index (χ4v) is 2.53. The van der Waals surface area contributed by atoms with E-state index in [1.807, 2.05) is 42.5 Å². The number of rotatable bonds is 6. The van der Waals surface area contributed by atoms with Gasteiger partial charge in [-0.3, -0.25) is 0 Å². The Balaban J connectivity index is 1.50. The van der Waals surface area contributed by atoms with Crippen LogP contribution in [-0.2, 0) is 6.54 Å². The van der Waals surface area contributed by atoms with E-state index < -0.39 is 0 Å². The summed E-state index contributed by atoms with van der Waals surface area (Å²) in [4.78, 5) is 11.3. The number of hydrogen-bond donors (Lipinski definition) is 2. The van der Waals surface area contributed by atoms with Crippen molar-refractivity contribution in [2.45, 2.75) is 6.54 Å². The molecule has 0 spiro atoms. The van der Waals surface area contributed by atoms with Crippen molar-refractivity contribution in [1.82, 2.24) is 5.32 Å². The summed E-state index contributed by atoms with van der Waals surface area (Å²) in [6.45, 7) is 2.32. The first-order valence-corrected chi connectivity index (χ1v) is 7.81. The first-order chi connectivity index (χ1) is 11.2. The lowest BCUT2D eigenvalue weighted by atomic mass is 10.1. The van der Waals surface area contributed by atoms with Crippen LogP contribution in [0.25, 0.3) is 11.0 Å². The van der Waals surface area contributed by atoms with Crippen LogP contribution in [0.1, 0.15) is 5.56 Å². The van der Waals surface area contributed by atoms with Gasteiger partial charge in [0.1, 0.15) is 5.58 Å². The Morgan fingerprint density at radius 2 is 1.87 bits per heavy atom. The molecule has 0 aliphatic heterocycles. The van der Waals surface area contributed by atoms with Crippen molar-refractivity contribution in [3.8, 4) is 0 Å². The van der Waals surface area contributed by atoms with E-state index in [0.29, 0.717) is 12.1 Å². The van der Waals surface area contributed by atoms with Gasteiger partial charge in [0.25, 0.3) is 0 Å². The van der Waals surface area contributed by atoms with Crippen molar-refractivity contribution in [1.29, 1.82) is 0 Å². The van der Waals surface area contributed by atoms with Gasteiger partial charge in [-0.15, -0.1) is 0 Å². The van der Waals surface area contributed by atoms with Crippen LogP contribution in [-0.4, -0.2) is 13.1 Å². The molecule has 0 atom stereocenters. The maximum atomic E-state index is 11.3. The fourth-order valence-electron chi connectivity index (χ4n) is 2.34. The van der Waals surface area contributed by atoms with E-state index >= 15 is 0 Å². The topological polar surface area (TPSA) is 54.3 Å². The van der Waals surface area contributed by atoms with E-state index in [4.69, 9.17) is 16.0 Å². The highest BCUT2D eigenvalue weighted by atomic mass is 35.5. The largest absolute Gasteiger partial charge is 0.423 e. The Bertz CT molecular complexity index is 861. The minimum Gasteiger partial charge on any atom is -0.423 e. The van der Waals surface area contributed by atoms with E-state index in [1.165, 1.54) is 6.07 Å². The van der Waals surface area contributed by atoms with Crippen LogP contribution in [0, 0.1) is 0 Å². The molecule has 4 nitrogen and oxygen atoms in total. The molecule has 3 aromatic rings. The molecule has 1 heterocycles. The monoisotopic (exact) mass is 328 g/mol. The van der Waals surface area contributed by atoms with E-state index in [2.05, 4.69) is 10.6 Å². The molecule has 0 radical (unpaired) electrons. The Morgan fingerprint density at radius 3 is 2.74 bits per heavy atom. The Kier molecular flexibility index (Phi) is 4.95. The molecule has 0 aliphatic rings. The molecule has 0 bridgehead atoms. The molecule has 2 N–H and O–H groups in total. The molecule has 5 heteroatoms. The minimum atomic E-state index is -0.326. The van der Waals surface area contributed by atoms with Gasteiger partial charge in [0.2, 0.25) is 0 Å². The second kappa shape index (κ2) is 7.31. The zero-order valence-corrected chi connectivity index (χ0v) is 13.3. The molecule has 1 aromatic heterocycles. The number of nitrogens with one attached hydrogen (secondary N) is 2. The molecule has 0 aliphatic carbocycles. The van der Waals surface area contributed by atoms with Crippen molar-refractivity contribution in [3.63, 3.8) is 0 Å². The molecule has 3 rings (SSSR count). The highest BCUT2D eigenvalue weighted by molar-refractivity contribution is 6.30. The van der Waals surface area contributed by atoms with Gasteiger partial charge in [-0.2, -0.15) is 0 Å². The summed E-state index contributed by atoms with van der Waals surface area (Å²) in [6.07, 6.45) is 0. The maximum Gasteiger partial charge on any atom is 0.336 e. The van der Waals surface area contributed by atoms with Crippen molar-refractivity contribution >= 4 is 28.3 Å². The zero-order valence-electron chi connectivity index (χ0n) is 12.5. The minimum absolute atomic E-state index is 0.326. The first kappa shape index (κ1) is 15.6. The molecule has 0 unspecified atom stereocenters. The quantitative estimate of drug-likeness (QED) is 0.536. The Morgan fingerprint density at radius 1 is 1.00 bits per heavy atom. The van der Waals surface area contributed by atoms with E-state index in [-0.39, 0.29) is 5.63 Å². The number of halogens is 1. The summed E-state index contributed by atoms with van der Waals surface area (Å²) in [5.41, 5.74) is 2.38. The van der Waals surface area contributed by atoms with Crippen molar-refractivity contribution in [2.24, 2.45) is 0 Å². The van der Waals surface area contributed by atoms with Crippen LogP contribution < -0.4 is 16.3 Å². The van der Waals surface area contributed by atoms with Crippen molar-refractivity contribution < 1.29 is 4.42 Å². The normalized spacial score (nSPS) is 10.8. The van der Waals surface area contributed by atoms with Crippen LogP contribution in [0.5, 0.6) is 0 Å². The summed E-state index contributed by atoms with van der Waals surface area (Å²) in [6, 6.07) is 16.7. The highest BCUT2D eigenvalue weighted by Gasteiger charge is 1.99. The molecule has 2 aromatic carbocycles. The fraction of sp³-hybridized carbons (Fsp3) is 0.167. The summed E-state index contributed by atoms with van der Waals surface area (Å²) in [5.74, 6) is 0. The van der Waals surface area contributed by atoms with Crippen LogP contribution in [0.3, 0.4) is 0 Å². The smallest absolute Gasteiger partial charge is 0.336 e. The van der Waals surface area contributed by atoms with Crippen LogP contribution in [0.2, 0.25) is 5.02 Å². The standard InChI is InChI=1S/C18H17ClN2O2/c19-15-2-1-3-16(11-15)21-9-8-20-12-13-4-5-14-6-7-18(22)23-17(14)10-13/h1-7,10-11,20-21H,8-9,12H2. The van der Waals surface area contributed by atoms with E-state index in [1.54, 1.807) is 6.07 Å². The SMILES string of the molecule is O=c1ccc2ccc(CNCCNc3cccc(Cl)c3)cc2o1. The van der Waals surface area contributed by atoms with Crippen molar-refractivity contribution in [2.75, 3.05) is 18.4 Å². The summed E-state index contributed by atoms with van der Waals surface area (Å²) in [7, 11) is 0. The van der Waals surface area contributed by atoms with Crippen molar-refractivity contribution in [3.05, 3.63) is 75.6 Å². The number of anilines is 1. The van der Waals surface area contributed by atoms with E-state index in [0.717, 1.165) is 34.7 Å². The Labute approximate surface area is 139 Å². The third-order valence-electron chi connectivity index (χ3n) is 3.47. The van der Waals surface area contributed by atoms with Gasteiger partial charge in [0, 0.05) is 41.8 Å². The average Bonchev–Trinajstić information content (AvgIpc) is 2.54. The van der Waals surface area contributed by atoms with Gasteiger partial charge < -0.3 is 15.1 Å². The third-order valence-corrected chi connectivity index (χ3v) is 3.71. The molecule has 0 fully saturated rings. The highest BCUT2D eigenvalue weighted by Crippen LogP contribution is 2.15. The molecular weight excluding hydrogens is 312 g/mol. The molecule has 0 amide bonds. The molecule has 23 heavy (non-hydrogen) atoms. The van der Waals surface area contributed by atoms with Crippen LogP contribution in [0.15, 0.2) is 63.8 Å². The van der Waals surface area contributed by atoms with Gasteiger partial charge in [0.15, 0.2) is 0 Å². The zero-order chi connectivity index (χ0) is 16.1. The molecule has 0 saturated carbocycles. The summed E-state index contributed by atoms with van der Waals surface area (Å²) < 4.78 is 5.19. The molecule has 118 valence electrons. The second-order valence-corrected chi connectivity index (χ2v) is 5.68. The predicted molar refractivity (Wildman–Crippen MR) is 94.1 cm³/mol. The van der Waals surface area contributed by atoms with Crippen LogP contribution >= 0.6 is 11.6 Å². The molecule has 0 saturated heterocycles. The predicted octanol–water partition coefficient (Wildman–Crippen LogP) is 3.65. The van der Waals surface area contributed by atoms with Gasteiger partial charge in [-0.25, -0.2) is 4.79 Å². The summed E-state index contributed by atoms with van der Waals surface area (Å²) in [5, 5.41) is 8.30. The Hall–Kier alpha value is -2.30. The van der Waals surface area contributed by atoms with Gasteiger partial charge in [-0.1, -0.05) is 29.8 Å². The van der Waals surface area contributed by atoms with Gasteiger partial charge in [0.05, 0.1) is 0 Å².